The van der Waals surface area contributed by atoms with Crippen LogP contribution in [0.15, 0.2) is 218 Å². The fraction of sp³-hybridized carbons (Fsp3) is 0.0606. The van der Waals surface area contributed by atoms with Crippen molar-refractivity contribution in [1.29, 1.82) is 0 Å². The molecule has 0 radical (unpaired) electrons. The van der Waals surface area contributed by atoms with Crippen LogP contribution in [0, 0.1) is 27.7 Å². The summed E-state index contributed by atoms with van der Waals surface area (Å²) in [4.78, 5) is 4.93. The molecule has 0 heterocycles. The van der Waals surface area contributed by atoms with Gasteiger partial charge in [-0.05, 0) is 143 Å². The summed E-state index contributed by atoms with van der Waals surface area (Å²) in [5.41, 5.74) is 16.1. The minimum atomic E-state index is 1.04. The molecule has 4 heteroatoms. The van der Waals surface area contributed by atoms with Gasteiger partial charge in [-0.3, -0.25) is 0 Å². The maximum absolute atomic E-state index is 4.11. The van der Waals surface area contributed by atoms with E-state index >= 15 is 0 Å². The highest BCUT2D eigenvalue weighted by molar-refractivity contribution is 6.47. The van der Waals surface area contributed by atoms with E-state index in [1.54, 1.807) is 0 Å². The maximum atomic E-state index is 4.11. The molecule has 0 spiro atoms. The van der Waals surface area contributed by atoms with E-state index in [4.69, 9.17) is 0 Å². The zero-order valence-corrected chi connectivity index (χ0v) is 39.7. The standard InChI is InChI=1S/C66H50N4/c1-41-21-11-15-33-53(41)69(54-34-16-12-22-42(54)2)57-39-37-51-59-47(57)29-19-31-49(59)61-63(51)66(68-46-27-9-6-10-28-46)62-50-32-20-30-48-58(70(55-35-17-13-23-43(55)3)56-36-18-14-24-44(56)4)40-38-52(60(48)50)64(62)65(61)67-45-25-7-5-8-26-45/h5-40,67-68H,1-4H3. The predicted molar refractivity (Wildman–Crippen MR) is 302 cm³/mol. The molecule has 13 aromatic carbocycles. The molecule has 13 rings (SSSR count). The van der Waals surface area contributed by atoms with Gasteiger partial charge in [0.15, 0.2) is 0 Å². The Kier molecular flexibility index (Phi) is 9.70. The van der Waals surface area contributed by atoms with Gasteiger partial charge in [0.1, 0.15) is 0 Å². The van der Waals surface area contributed by atoms with Gasteiger partial charge in [0.25, 0.3) is 0 Å². The van der Waals surface area contributed by atoms with Crippen LogP contribution >= 0.6 is 0 Å². The number of benzene rings is 11. The number of nitrogens with zero attached hydrogens (tertiary/aromatic N) is 2. The normalized spacial score (nSPS) is 11.7. The van der Waals surface area contributed by atoms with Gasteiger partial charge in [-0.25, -0.2) is 0 Å². The van der Waals surface area contributed by atoms with Crippen molar-refractivity contribution in [3.8, 4) is 0 Å². The zero-order valence-electron chi connectivity index (χ0n) is 39.7. The lowest BCUT2D eigenvalue weighted by molar-refractivity contribution is 1.24. The fourth-order valence-corrected chi connectivity index (χ4v) is 11.5. The zero-order chi connectivity index (χ0) is 47.0. The van der Waals surface area contributed by atoms with Gasteiger partial charge in [-0.15, -0.1) is 0 Å². The third-order valence-corrected chi connectivity index (χ3v) is 14.6. The number of fused-ring (bicyclic) bond motifs is 6. The Bertz CT molecular complexity index is 3710. The van der Waals surface area contributed by atoms with Crippen LogP contribution in [0.25, 0.3) is 64.6 Å². The maximum Gasteiger partial charge on any atom is 0.0558 e. The second-order valence-electron chi connectivity index (χ2n) is 18.8. The summed E-state index contributed by atoms with van der Waals surface area (Å²) in [6.45, 7) is 8.85. The van der Waals surface area contributed by atoms with Crippen LogP contribution in [0.2, 0.25) is 0 Å². The van der Waals surface area contributed by atoms with Crippen LogP contribution in [0.1, 0.15) is 22.3 Å². The van der Waals surface area contributed by atoms with Crippen molar-refractivity contribution in [1.82, 2.24) is 0 Å². The van der Waals surface area contributed by atoms with Crippen LogP contribution in [-0.4, -0.2) is 0 Å². The first-order valence-electron chi connectivity index (χ1n) is 24.3. The number of anilines is 10. The van der Waals surface area contributed by atoms with Crippen molar-refractivity contribution in [2.75, 3.05) is 20.4 Å². The molecule has 0 amide bonds. The first-order valence-corrected chi connectivity index (χ1v) is 24.3. The number of rotatable bonds is 10. The third kappa shape index (κ3) is 6.37. The second kappa shape index (κ2) is 16.4. The lowest BCUT2D eigenvalue weighted by Gasteiger charge is -2.29. The van der Waals surface area contributed by atoms with Crippen molar-refractivity contribution >= 4 is 122 Å². The molecule has 0 saturated heterocycles. The molecule has 0 saturated carbocycles. The average molecular weight is 899 g/mol. The largest absolute Gasteiger partial charge is 0.354 e. The fourth-order valence-electron chi connectivity index (χ4n) is 11.5. The highest BCUT2D eigenvalue weighted by Gasteiger charge is 2.30. The summed E-state index contributed by atoms with van der Waals surface area (Å²) in [5, 5.41) is 22.8. The first-order chi connectivity index (χ1) is 34.4. The molecule has 334 valence electrons. The molecule has 0 atom stereocenters. The number of hydrogen-bond donors (Lipinski definition) is 2. The molecule has 0 fully saturated rings. The molecule has 0 aliphatic heterocycles. The molecular weight excluding hydrogens is 849 g/mol. The monoisotopic (exact) mass is 898 g/mol. The Labute approximate surface area is 408 Å². The van der Waals surface area contributed by atoms with Gasteiger partial charge in [0.2, 0.25) is 0 Å². The van der Waals surface area contributed by atoms with E-state index in [1.807, 2.05) is 0 Å². The van der Waals surface area contributed by atoms with E-state index in [0.29, 0.717) is 0 Å². The summed E-state index contributed by atoms with van der Waals surface area (Å²) in [6, 6.07) is 79.7. The molecule has 0 unspecified atom stereocenters. The van der Waals surface area contributed by atoms with Gasteiger partial charge >= 0.3 is 0 Å². The molecule has 2 N–H and O–H groups in total. The van der Waals surface area contributed by atoms with Crippen LogP contribution < -0.4 is 20.4 Å². The van der Waals surface area contributed by atoms with Crippen molar-refractivity contribution in [3.05, 3.63) is 241 Å². The number of nitrogens with one attached hydrogen (secondary N) is 2. The summed E-state index contributed by atoms with van der Waals surface area (Å²) in [7, 11) is 0. The minimum Gasteiger partial charge on any atom is -0.354 e. The Hall–Kier alpha value is -8.86. The third-order valence-electron chi connectivity index (χ3n) is 14.6. The summed E-state index contributed by atoms with van der Waals surface area (Å²) >= 11 is 0. The number of para-hydroxylation sites is 6. The van der Waals surface area contributed by atoms with Crippen molar-refractivity contribution in [3.63, 3.8) is 0 Å². The predicted octanol–water partition coefficient (Wildman–Crippen LogP) is 19.1. The lowest BCUT2D eigenvalue weighted by Crippen LogP contribution is -2.13. The average Bonchev–Trinajstić information content (AvgIpc) is 3.92. The minimum absolute atomic E-state index is 1.04. The van der Waals surface area contributed by atoms with Gasteiger partial charge in [-0.1, -0.05) is 158 Å². The van der Waals surface area contributed by atoms with Crippen LogP contribution in [0.5, 0.6) is 0 Å². The van der Waals surface area contributed by atoms with Gasteiger partial charge in [0.05, 0.1) is 22.7 Å². The molecule has 4 nitrogen and oxygen atoms in total. The van der Waals surface area contributed by atoms with Crippen LogP contribution in [0.3, 0.4) is 0 Å². The van der Waals surface area contributed by atoms with E-state index in [9.17, 15) is 0 Å². The smallest absolute Gasteiger partial charge is 0.0558 e. The Morgan fingerprint density at radius 2 is 0.514 bits per heavy atom. The lowest BCUT2D eigenvalue weighted by atomic mass is 9.99. The second-order valence-corrected chi connectivity index (χ2v) is 18.8. The topological polar surface area (TPSA) is 30.5 Å². The Morgan fingerprint density at radius 3 is 0.843 bits per heavy atom. The Balaban J connectivity index is 1.19. The van der Waals surface area contributed by atoms with Crippen molar-refractivity contribution in [2.24, 2.45) is 0 Å². The SMILES string of the molecule is Cc1ccccc1N(c1ccccc1C)c1ccc2c3c(Nc4ccccc4)c4c5cccc6c(N(c7ccccc7C)c7ccccc7C)ccc(c4c(Nc4ccccc4)c3c3cccc1c32)c65. The number of hydrogen-bond acceptors (Lipinski definition) is 4. The molecule has 70 heavy (non-hydrogen) atoms. The molecule has 0 aromatic heterocycles. The van der Waals surface area contributed by atoms with Gasteiger partial charge in [0, 0.05) is 66.4 Å². The quantitative estimate of drug-likeness (QED) is 0.134. The highest BCUT2D eigenvalue weighted by atomic mass is 15.2. The van der Waals surface area contributed by atoms with E-state index < -0.39 is 0 Å². The van der Waals surface area contributed by atoms with Crippen LogP contribution in [0.4, 0.5) is 56.9 Å². The molecular formula is C66H50N4. The van der Waals surface area contributed by atoms with Crippen LogP contribution in [-0.2, 0) is 0 Å². The molecule has 0 aliphatic carbocycles. The first kappa shape index (κ1) is 41.3. The van der Waals surface area contributed by atoms with E-state index in [1.165, 1.54) is 86.9 Å². The van der Waals surface area contributed by atoms with E-state index in [0.717, 1.165) is 56.9 Å². The summed E-state index contributed by atoms with van der Waals surface area (Å²) in [5.74, 6) is 0. The van der Waals surface area contributed by atoms with Crippen molar-refractivity contribution in [2.45, 2.75) is 27.7 Å². The van der Waals surface area contributed by atoms with E-state index in [2.05, 4.69) is 267 Å². The summed E-state index contributed by atoms with van der Waals surface area (Å²) in [6.07, 6.45) is 0. The summed E-state index contributed by atoms with van der Waals surface area (Å²) < 4.78 is 0. The highest BCUT2D eigenvalue weighted by Crippen LogP contribution is 2.57. The molecule has 0 bridgehead atoms. The van der Waals surface area contributed by atoms with Gasteiger partial charge in [-0.2, -0.15) is 0 Å². The molecule has 0 aliphatic rings. The van der Waals surface area contributed by atoms with Crippen molar-refractivity contribution < 1.29 is 0 Å². The number of aryl methyl sites for hydroxylation is 4. The van der Waals surface area contributed by atoms with Gasteiger partial charge < -0.3 is 20.4 Å². The Morgan fingerprint density at radius 1 is 0.229 bits per heavy atom. The van der Waals surface area contributed by atoms with E-state index in [-0.39, 0.29) is 0 Å². The molecule has 13 aromatic rings.